The van der Waals surface area contributed by atoms with Gasteiger partial charge in [0.15, 0.2) is 0 Å². The summed E-state index contributed by atoms with van der Waals surface area (Å²) < 4.78 is 14.6. The van der Waals surface area contributed by atoms with Gasteiger partial charge >= 0.3 is 0 Å². The number of methoxy groups -OCH3 is 1. The average molecular weight is 611 g/mol. The van der Waals surface area contributed by atoms with Crippen LogP contribution in [0.2, 0.25) is 0 Å². The topological polar surface area (TPSA) is 40.8 Å². The van der Waals surface area contributed by atoms with E-state index in [4.69, 9.17) is 9.72 Å². The standard InChI is InChI=1S/C41H32N5O/c1-27-43(2)24-25-44(27)30-14-11-15-31(26-30)46-36-19-10-8-17-34(36)39-37(28-20-22-32(47-3)23-21-28)38-33-16-7-9-18-35(33)45(40(38)42-41(39)46)29-12-5-4-6-13-29/h4-26H,1-3H3/q+1. The molecule has 0 fully saturated rings. The maximum Gasteiger partial charge on any atom is 0.258 e. The molecule has 0 atom stereocenters. The number of aryl methyl sites for hydroxylation is 1. The molecule has 4 heterocycles. The zero-order chi connectivity index (χ0) is 31.6. The molecule has 0 aliphatic carbocycles. The van der Waals surface area contributed by atoms with Gasteiger partial charge in [-0.2, -0.15) is 0 Å². The number of pyridine rings is 1. The van der Waals surface area contributed by atoms with Crippen molar-refractivity contribution in [2.24, 2.45) is 7.05 Å². The minimum Gasteiger partial charge on any atom is -0.497 e. The van der Waals surface area contributed by atoms with Crippen molar-refractivity contribution < 1.29 is 9.30 Å². The van der Waals surface area contributed by atoms with Crippen LogP contribution in [0, 0.1) is 6.92 Å². The molecule has 0 spiro atoms. The summed E-state index contributed by atoms with van der Waals surface area (Å²) in [6.07, 6.45) is 4.20. The van der Waals surface area contributed by atoms with E-state index in [1.807, 2.05) is 12.1 Å². The molecule has 0 saturated carbocycles. The van der Waals surface area contributed by atoms with Gasteiger partial charge in [-0.05, 0) is 54.1 Å². The fourth-order valence-corrected chi connectivity index (χ4v) is 7.14. The molecule has 6 heteroatoms. The molecule has 0 unspecified atom stereocenters. The smallest absolute Gasteiger partial charge is 0.258 e. The van der Waals surface area contributed by atoms with Crippen LogP contribution >= 0.6 is 0 Å². The van der Waals surface area contributed by atoms with Crippen molar-refractivity contribution in [2.75, 3.05) is 7.11 Å². The van der Waals surface area contributed by atoms with Crippen molar-refractivity contribution in [3.8, 4) is 33.9 Å². The van der Waals surface area contributed by atoms with Crippen LogP contribution in [0.25, 0.3) is 72.1 Å². The molecule has 0 aliphatic rings. The molecular weight excluding hydrogens is 578 g/mol. The second-order valence-electron chi connectivity index (χ2n) is 12.0. The lowest BCUT2D eigenvalue weighted by Gasteiger charge is -2.12. The number of benzene rings is 5. The average Bonchev–Trinajstić information content (AvgIpc) is 3.76. The first-order valence-corrected chi connectivity index (χ1v) is 15.8. The number of ether oxygens (including phenoxy) is 1. The van der Waals surface area contributed by atoms with E-state index in [0.717, 1.165) is 78.2 Å². The van der Waals surface area contributed by atoms with Gasteiger partial charge in [-0.1, -0.05) is 72.8 Å². The van der Waals surface area contributed by atoms with Crippen LogP contribution in [-0.2, 0) is 7.05 Å². The van der Waals surface area contributed by atoms with E-state index in [9.17, 15) is 0 Å². The Morgan fingerprint density at radius 2 is 1.19 bits per heavy atom. The van der Waals surface area contributed by atoms with E-state index in [-0.39, 0.29) is 0 Å². The molecule has 4 aromatic heterocycles. The Morgan fingerprint density at radius 3 is 1.81 bits per heavy atom. The number of imidazole rings is 1. The SMILES string of the molecule is COc1ccc(-c2c3c4ccccc4n(-c4ccccc4)c3nc3c2c2ccccc2n3-c2cccc(-n3cc[n+](C)c3C)c2)cc1. The number of hydrogen-bond acceptors (Lipinski definition) is 2. The number of nitrogens with zero attached hydrogens (tertiary/aromatic N) is 5. The van der Waals surface area contributed by atoms with Crippen molar-refractivity contribution in [3.63, 3.8) is 0 Å². The van der Waals surface area contributed by atoms with Gasteiger partial charge in [-0.3, -0.25) is 9.13 Å². The van der Waals surface area contributed by atoms with Gasteiger partial charge in [0.05, 0.1) is 30.9 Å². The van der Waals surface area contributed by atoms with Crippen molar-refractivity contribution in [1.82, 2.24) is 18.7 Å². The van der Waals surface area contributed by atoms with Crippen LogP contribution in [0.4, 0.5) is 0 Å². The summed E-state index contributed by atoms with van der Waals surface area (Å²) in [5, 5.41) is 4.59. The highest BCUT2D eigenvalue weighted by atomic mass is 16.5. The third-order valence-electron chi connectivity index (χ3n) is 9.47. The van der Waals surface area contributed by atoms with Crippen LogP contribution in [-0.4, -0.2) is 25.8 Å². The van der Waals surface area contributed by atoms with E-state index in [0.29, 0.717) is 0 Å². The highest BCUT2D eigenvalue weighted by Crippen LogP contribution is 2.45. The van der Waals surface area contributed by atoms with E-state index in [2.05, 4.69) is 160 Å². The summed E-state index contributed by atoms with van der Waals surface area (Å²) in [7, 11) is 3.78. The van der Waals surface area contributed by atoms with Gasteiger partial charge in [0.2, 0.25) is 0 Å². The van der Waals surface area contributed by atoms with Gasteiger partial charge in [-0.25, -0.2) is 14.1 Å². The largest absolute Gasteiger partial charge is 0.497 e. The van der Waals surface area contributed by atoms with Crippen molar-refractivity contribution in [2.45, 2.75) is 6.92 Å². The summed E-state index contributed by atoms with van der Waals surface area (Å²) in [5.74, 6) is 1.98. The molecule has 5 aromatic carbocycles. The van der Waals surface area contributed by atoms with Crippen LogP contribution in [0.5, 0.6) is 5.75 Å². The quantitative estimate of drug-likeness (QED) is 0.183. The molecule has 0 radical (unpaired) electrons. The maximum atomic E-state index is 5.64. The lowest BCUT2D eigenvalue weighted by Crippen LogP contribution is -2.29. The third-order valence-corrected chi connectivity index (χ3v) is 9.47. The minimum atomic E-state index is 0.829. The van der Waals surface area contributed by atoms with Gasteiger partial charge in [0.25, 0.3) is 5.82 Å². The number of hydrogen-bond donors (Lipinski definition) is 0. The van der Waals surface area contributed by atoms with Crippen LogP contribution in [0.1, 0.15) is 5.82 Å². The van der Waals surface area contributed by atoms with E-state index < -0.39 is 0 Å². The zero-order valence-electron chi connectivity index (χ0n) is 26.4. The lowest BCUT2D eigenvalue weighted by molar-refractivity contribution is -0.677. The molecule has 226 valence electrons. The molecular formula is C41H32N5O+. The van der Waals surface area contributed by atoms with Crippen molar-refractivity contribution >= 4 is 43.9 Å². The fourth-order valence-electron chi connectivity index (χ4n) is 7.14. The molecule has 0 bridgehead atoms. The van der Waals surface area contributed by atoms with E-state index >= 15 is 0 Å². The van der Waals surface area contributed by atoms with E-state index in [1.165, 1.54) is 5.39 Å². The Labute approximate surface area is 272 Å². The second-order valence-corrected chi connectivity index (χ2v) is 12.0. The minimum absolute atomic E-state index is 0.829. The summed E-state index contributed by atoms with van der Waals surface area (Å²) in [6, 6.07) is 45.0. The summed E-state index contributed by atoms with van der Waals surface area (Å²) in [4.78, 5) is 5.64. The van der Waals surface area contributed by atoms with Crippen LogP contribution in [0.3, 0.4) is 0 Å². The molecule has 6 nitrogen and oxygen atoms in total. The molecule has 0 amide bonds. The molecule has 9 aromatic rings. The molecule has 0 saturated heterocycles. The molecule has 47 heavy (non-hydrogen) atoms. The number of para-hydroxylation sites is 3. The summed E-state index contributed by atoms with van der Waals surface area (Å²) >= 11 is 0. The summed E-state index contributed by atoms with van der Waals surface area (Å²) in [5.41, 5.74) is 9.58. The molecule has 0 aliphatic heterocycles. The van der Waals surface area contributed by atoms with Gasteiger partial charge in [-0.15, -0.1) is 0 Å². The Bertz CT molecular complexity index is 2620. The highest BCUT2D eigenvalue weighted by Gasteiger charge is 2.25. The number of fused-ring (bicyclic) bond motifs is 6. The monoisotopic (exact) mass is 610 g/mol. The molecule has 9 rings (SSSR count). The second kappa shape index (κ2) is 10.5. The highest BCUT2D eigenvalue weighted by molar-refractivity contribution is 6.26. The first-order valence-electron chi connectivity index (χ1n) is 15.8. The summed E-state index contributed by atoms with van der Waals surface area (Å²) in [6.45, 7) is 2.13. The number of rotatable bonds is 5. The Kier molecular flexibility index (Phi) is 6.05. The third kappa shape index (κ3) is 4.04. The molecule has 0 N–H and O–H groups in total. The van der Waals surface area contributed by atoms with Crippen LogP contribution in [0.15, 0.2) is 140 Å². The van der Waals surface area contributed by atoms with Gasteiger partial charge in [0.1, 0.15) is 35.1 Å². The fraction of sp³-hybridized carbons (Fsp3) is 0.0732. The van der Waals surface area contributed by atoms with Crippen LogP contribution < -0.4 is 9.30 Å². The predicted molar refractivity (Wildman–Crippen MR) is 190 cm³/mol. The van der Waals surface area contributed by atoms with Crippen molar-refractivity contribution in [3.05, 3.63) is 146 Å². The van der Waals surface area contributed by atoms with Crippen molar-refractivity contribution in [1.29, 1.82) is 0 Å². The predicted octanol–water partition coefficient (Wildman–Crippen LogP) is 8.88. The van der Waals surface area contributed by atoms with E-state index in [1.54, 1.807) is 7.11 Å². The number of aromatic nitrogens is 5. The Morgan fingerprint density at radius 1 is 0.617 bits per heavy atom. The first kappa shape index (κ1) is 27.2. The van der Waals surface area contributed by atoms with Gasteiger partial charge in [0, 0.05) is 45.8 Å². The lowest BCUT2D eigenvalue weighted by atomic mass is 9.96. The zero-order valence-corrected chi connectivity index (χ0v) is 26.4. The Balaban J connectivity index is 1.48. The maximum absolute atomic E-state index is 5.64. The Hall–Kier alpha value is -6.14. The normalized spacial score (nSPS) is 11.7. The van der Waals surface area contributed by atoms with Gasteiger partial charge < -0.3 is 4.74 Å². The first-order chi connectivity index (χ1) is 23.1.